The lowest BCUT2D eigenvalue weighted by atomic mass is 10.1. The molecule has 0 bridgehead atoms. The molecular formula is C11H11FOS. The molecule has 14 heavy (non-hydrogen) atoms. The molecule has 0 unspecified atom stereocenters. The van der Waals surface area contributed by atoms with E-state index >= 15 is 0 Å². The van der Waals surface area contributed by atoms with Crippen molar-refractivity contribution >= 4 is 21.4 Å². The van der Waals surface area contributed by atoms with Crippen LogP contribution >= 0.6 is 11.3 Å². The van der Waals surface area contributed by atoms with Crippen molar-refractivity contribution in [2.75, 3.05) is 7.11 Å². The summed E-state index contributed by atoms with van der Waals surface area (Å²) in [5.74, 6) is -0.171. The minimum atomic E-state index is -0.171. The maximum absolute atomic E-state index is 13.2. The van der Waals surface area contributed by atoms with Gasteiger partial charge in [-0.2, -0.15) is 0 Å². The first-order valence-corrected chi connectivity index (χ1v) is 5.32. The molecule has 0 saturated carbocycles. The number of aryl methyl sites for hydroxylation is 1. The van der Waals surface area contributed by atoms with Crippen molar-refractivity contribution in [2.45, 2.75) is 13.3 Å². The van der Waals surface area contributed by atoms with Crippen LogP contribution in [0.5, 0.6) is 5.06 Å². The lowest BCUT2D eigenvalue weighted by Crippen LogP contribution is -1.82. The second-order valence-electron chi connectivity index (χ2n) is 3.11. The summed E-state index contributed by atoms with van der Waals surface area (Å²) in [5, 5.41) is 1.77. The smallest absolute Gasteiger partial charge is 0.174 e. The molecule has 1 nitrogen and oxygen atoms in total. The molecule has 74 valence electrons. The zero-order valence-electron chi connectivity index (χ0n) is 8.13. The number of ether oxygens (including phenoxy) is 1. The molecule has 0 saturated heterocycles. The van der Waals surface area contributed by atoms with Crippen molar-refractivity contribution < 1.29 is 9.13 Å². The lowest BCUT2D eigenvalue weighted by Gasteiger charge is -1.98. The van der Waals surface area contributed by atoms with Crippen LogP contribution in [-0.4, -0.2) is 7.11 Å². The molecule has 0 fully saturated rings. The van der Waals surface area contributed by atoms with Crippen molar-refractivity contribution in [3.63, 3.8) is 0 Å². The van der Waals surface area contributed by atoms with Gasteiger partial charge in [0.2, 0.25) is 0 Å². The maximum Gasteiger partial charge on any atom is 0.174 e. The topological polar surface area (TPSA) is 9.23 Å². The normalized spacial score (nSPS) is 10.8. The van der Waals surface area contributed by atoms with Gasteiger partial charge in [-0.15, -0.1) is 0 Å². The van der Waals surface area contributed by atoms with Crippen LogP contribution in [0.3, 0.4) is 0 Å². The summed E-state index contributed by atoms with van der Waals surface area (Å²) in [4.78, 5) is 0. The van der Waals surface area contributed by atoms with Crippen LogP contribution in [0.2, 0.25) is 0 Å². The van der Waals surface area contributed by atoms with Gasteiger partial charge in [0, 0.05) is 4.70 Å². The van der Waals surface area contributed by atoms with Gasteiger partial charge in [-0.25, -0.2) is 4.39 Å². The molecule has 1 heterocycles. The van der Waals surface area contributed by atoms with E-state index in [0.717, 1.165) is 27.1 Å². The second-order valence-corrected chi connectivity index (χ2v) is 4.12. The van der Waals surface area contributed by atoms with Crippen molar-refractivity contribution in [3.05, 3.63) is 29.6 Å². The maximum atomic E-state index is 13.2. The average molecular weight is 210 g/mol. The van der Waals surface area contributed by atoms with Crippen molar-refractivity contribution in [1.82, 2.24) is 0 Å². The van der Waals surface area contributed by atoms with Gasteiger partial charge in [0.1, 0.15) is 5.82 Å². The molecule has 0 atom stereocenters. The van der Waals surface area contributed by atoms with Crippen LogP contribution in [0.15, 0.2) is 18.2 Å². The zero-order valence-corrected chi connectivity index (χ0v) is 8.95. The molecule has 0 spiro atoms. The van der Waals surface area contributed by atoms with E-state index in [2.05, 4.69) is 0 Å². The second kappa shape index (κ2) is 3.58. The van der Waals surface area contributed by atoms with E-state index in [4.69, 9.17) is 4.74 Å². The SMILES string of the molecule is CCc1cc(F)cc2cc(OC)sc12. The number of methoxy groups -OCH3 is 1. The van der Waals surface area contributed by atoms with E-state index in [1.165, 1.54) is 0 Å². The summed E-state index contributed by atoms with van der Waals surface area (Å²) in [7, 11) is 1.63. The fourth-order valence-electron chi connectivity index (χ4n) is 1.53. The third-order valence-corrected chi connectivity index (χ3v) is 3.41. The minimum absolute atomic E-state index is 0.171. The first-order chi connectivity index (χ1) is 6.74. The number of rotatable bonds is 2. The molecule has 0 amide bonds. The number of hydrogen-bond donors (Lipinski definition) is 0. The van der Waals surface area contributed by atoms with Crippen LogP contribution in [0.1, 0.15) is 12.5 Å². The number of thiophene rings is 1. The van der Waals surface area contributed by atoms with Gasteiger partial charge in [-0.3, -0.25) is 0 Å². The standard InChI is InChI=1S/C11H11FOS/c1-3-7-4-9(12)5-8-6-10(13-2)14-11(7)8/h4-6H,3H2,1-2H3. The highest BCUT2D eigenvalue weighted by molar-refractivity contribution is 7.21. The summed E-state index contributed by atoms with van der Waals surface area (Å²) in [6.45, 7) is 2.03. The van der Waals surface area contributed by atoms with Crippen LogP contribution in [-0.2, 0) is 6.42 Å². The number of halogens is 1. The molecule has 1 aromatic heterocycles. The van der Waals surface area contributed by atoms with Gasteiger partial charge in [0.25, 0.3) is 0 Å². The third kappa shape index (κ3) is 1.48. The van der Waals surface area contributed by atoms with Crippen molar-refractivity contribution in [2.24, 2.45) is 0 Å². The monoisotopic (exact) mass is 210 g/mol. The van der Waals surface area contributed by atoms with E-state index in [1.54, 1.807) is 30.6 Å². The number of hydrogen-bond acceptors (Lipinski definition) is 2. The van der Waals surface area contributed by atoms with Crippen molar-refractivity contribution in [1.29, 1.82) is 0 Å². The van der Waals surface area contributed by atoms with E-state index in [1.807, 2.05) is 13.0 Å². The average Bonchev–Trinajstić information content (AvgIpc) is 2.59. The van der Waals surface area contributed by atoms with Gasteiger partial charge < -0.3 is 4.74 Å². The van der Waals surface area contributed by atoms with E-state index in [9.17, 15) is 4.39 Å². The van der Waals surface area contributed by atoms with Gasteiger partial charge in [-0.1, -0.05) is 18.3 Å². The predicted molar refractivity (Wildman–Crippen MR) is 57.7 cm³/mol. The molecule has 0 aliphatic rings. The fourth-order valence-corrected chi connectivity index (χ4v) is 2.57. The highest BCUT2D eigenvalue weighted by atomic mass is 32.1. The van der Waals surface area contributed by atoms with Crippen LogP contribution < -0.4 is 4.74 Å². The Labute approximate surface area is 86.1 Å². The van der Waals surface area contributed by atoms with E-state index < -0.39 is 0 Å². The number of benzene rings is 1. The minimum Gasteiger partial charge on any atom is -0.487 e. The molecule has 0 aliphatic carbocycles. The van der Waals surface area contributed by atoms with Gasteiger partial charge >= 0.3 is 0 Å². The van der Waals surface area contributed by atoms with Crippen LogP contribution in [0.4, 0.5) is 4.39 Å². The summed E-state index contributed by atoms with van der Waals surface area (Å²) in [6.07, 6.45) is 0.845. The molecule has 2 aromatic rings. The lowest BCUT2D eigenvalue weighted by molar-refractivity contribution is 0.427. The molecule has 2 rings (SSSR count). The quantitative estimate of drug-likeness (QED) is 0.735. The molecule has 0 aliphatic heterocycles. The molecular weight excluding hydrogens is 199 g/mol. The van der Waals surface area contributed by atoms with Gasteiger partial charge in [0.15, 0.2) is 5.06 Å². The van der Waals surface area contributed by atoms with Gasteiger partial charge in [0.05, 0.1) is 7.11 Å². The summed E-state index contributed by atoms with van der Waals surface area (Å²) >= 11 is 1.57. The molecule has 0 radical (unpaired) electrons. The predicted octanol–water partition coefficient (Wildman–Crippen LogP) is 3.61. The first kappa shape index (κ1) is 9.46. The summed E-state index contributed by atoms with van der Waals surface area (Å²) in [6, 6.07) is 5.02. The molecule has 3 heteroatoms. The highest BCUT2D eigenvalue weighted by Gasteiger charge is 2.07. The Hall–Kier alpha value is -1.09. The highest BCUT2D eigenvalue weighted by Crippen LogP contribution is 2.34. The van der Waals surface area contributed by atoms with Crippen LogP contribution in [0.25, 0.3) is 10.1 Å². The summed E-state index contributed by atoms with van der Waals surface area (Å²) in [5.41, 5.74) is 1.05. The Morgan fingerprint density at radius 3 is 2.79 bits per heavy atom. The van der Waals surface area contributed by atoms with E-state index in [0.29, 0.717) is 0 Å². The zero-order chi connectivity index (χ0) is 10.1. The van der Waals surface area contributed by atoms with Crippen molar-refractivity contribution in [3.8, 4) is 5.06 Å². The van der Waals surface area contributed by atoms with Crippen LogP contribution in [0, 0.1) is 5.82 Å². The third-order valence-electron chi connectivity index (χ3n) is 2.22. The van der Waals surface area contributed by atoms with Gasteiger partial charge in [-0.05, 0) is 35.6 Å². The molecule has 1 aromatic carbocycles. The van der Waals surface area contributed by atoms with E-state index in [-0.39, 0.29) is 5.82 Å². The fraction of sp³-hybridized carbons (Fsp3) is 0.273. The summed E-state index contributed by atoms with van der Waals surface area (Å²) < 4.78 is 19.4. The Bertz CT molecular complexity index is 462. The Morgan fingerprint density at radius 2 is 2.14 bits per heavy atom. The largest absolute Gasteiger partial charge is 0.487 e. The Morgan fingerprint density at radius 1 is 1.36 bits per heavy atom. The Balaban J connectivity index is 2.71. The Kier molecular flexibility index (Phi) is 2.42. The first-order valence-electron chi connectivity index (χ1n) is 4.50. The number of fused-ring (bicyclic) bond motifs is 1. The molecule has 0 N–H and O–H groups in total.